The summed E-state index contributed by atoms with van der Waals surface area (Å²) in [5.41, 5.74) is 1.93. The largest absolute Gasteiger partial charge is 0.506 e. The molecule has 42 heavy (non-hydrogen) atoms. The van der Waals surface area contributed by atoms with Crippen LogP contribution in [0.15, 0.2) is 57.5 Å². The van der Waals surface area contributed by atoms with Crippen molar-refractivity contribution in [1.29, 1.82) is 0 Å². The number of aromatic hydroxyl groups is 1. The van der Waals surface area contributed by atoms with Crippen molar-refractivity contribution in [2.24, 2.45) is 4.99 Å². The lowest BCUT2D eigenvalue weighted by molar-refractivity contribution is 0.375. The van der Waals surface area contributed by atoms with Crippen molar-refractivity contribution in [1.82, 2.24) is 4.98 Å². The fraction of sp³-hybridized carbons (Fsp3) is 0.394. The predicted octanol–water partition coefficient (Wildman–Crippen LogP) is 8.25. The van der Waals surface area contributed by atoms with Crippen LogP contribution in [0.5, 0.6) is 17.2 Å². The molecule has 0 radical (unpaired) electrons. The number of aliphatic imine (C=N–C) groups is 1. The molecule has 0 unspecified atom stereocenters. The molecule has 228 valence electrons. The summed E-state index contributed by atoms with van der Waals surface area (Å²) >= 11 is 6.05. The van der Waals surface area contributed by atoms with Crippen molar-refractivity contribution >= 4 is 17.5 Å². The van der Waals surface area contributed by atoms with Gasteiger partial charge in [0.1, 0.15) is 22.8 Å². The maximum Gasteiger partial charge on any atom is 0.264 e. The van der Waals surface area contributed by atoms with Gasteiger partial charge in [0.15, 0.2) is 11.6 Å². The molecule has 2 aromatic carbocycles. The van der Waals surface area contributed by atoms with Crippen molar-refractivity contribution in [3.05, 3.63) is 85.7 Å². The van der Waals surface area contributed by atoms with E-state index in [-0.39, 0.29) is 34.1 Å². The molecule has 1 aromatic heterocycles. The normalized spacial score (nSPS) is 11.8. The third kappa shape index (κ3) is 7.94. The smallest absolute Gasteiger partial charge is 0.264 e. The molecule has 1 heterocycles. The van der Waals surface area contributed by atoms with Gasteiger partial charge in [-0.2, -0.15) is 0 Å². The van der Waals surface area contributed by atoms with Crippen LogP contribution >= 0.6 is 11.6 Å². The second kappa shape index (κ2) is 16.6. The Labute approximate surface area is 253 Å². The molecule has 3 rings (SSSR count). The van der Waals surface area contributed by atoms with Gasteiger partial charge < -0.3 is 24.3 Å². The third-order valence-electron chi connectivity index (χ3n) is 6.71. The van der Waals surface area contributed by atoms with Crippen LogP contribution in [0.3, 0.4) is 0 Å². The summed E-state index contributed by atoms with van der Waals surface area (Å²) in [7, 11) is 4.25. The van der Waals surface area contributed by atoms with E-state index < -0.39 is 17.1 Å². The molecule has 0 spiro atoms. The van der Waals surface area contributed by atoms with E-state index in [0.717, 1.165) is 24.0 Å². The first-order valence-electron chi connectivity index (χ1n) is 14.2. The lowest BCUT2D eigenvalue weighted by Gasteiger charge is -2.21. The van der Waals surface area contributed by atoms with Crippen molar-refractivity contribution in [3.63, 3.8) is 0 Å². The van der Waals surface area contributed by atoms with Crippen molar-refractivity contribution in [2.45, 2.75) is 66.7 Å². The predicted molar refractivity (Wildman–Crippen MR) is 169 cm³/mol. The Balaban J connectivity index is 0.00000301. The maximum absolute atomic E-state index is 14.9. The van der Waals surface area contributed by atoms with Gasteiger partial charge in [0.05, 0.1) is 25.3 Å². The number of halogens is 2. The molecule has 9 heteroatoms. The number of benzene rings is 2. The minimum Gasteiger partial charge on any atom is -0.506 e. The van der Waals surface area contributed by atoms with E-state index in [2.05, 4.69) is 9.98 Å². The molecule has 2 N–H and O–H groups in total. The quantitative estimate of drug-likeness (QED) is 0.131. The molecule has 0 atom stereocenters. The van der Waals surface area contributed by atoms with Crippen LogP contribution in [0.1, 0.15) is 70.7 Å². The number of hydrogen-bond acceptors (Lipinski definition) is 6. The molecule has 0 aliphatic heterocycles. The lowest BCUT2D eigenvalue weighted by Crippen LogP contribution is -2.23. The average Bonchev–Trinajstić information content (AvgIpc) is 3.00. The standard InChI is InChI=1S/C31H36ClFN2O5.C2H6/c1-7-9-10-22-25(26-23(38-5)16-15-21(33)29(26)39-6)28(36)27(30(37)35-22)31(34-4)40-24(18(3)8-2)17-19-11-13-20(32)14-12-19;1-2/h11-16H,7-10,17H2,1-6H3,(H2,35,36,37);1-2H3. The van der Waals surface area contributed by atoms with Gasteiger partial charge in [-0.3, -0.25) is 9.79 Å². The van der Waals surface area contributed by atoms with Crippen LogP contribution in [0.25, 0.3) is 11.1 Å². The third-order valence-corrected chi connectivity index (χ3v) is 6.97. The highest BCUT2D eigenvalue weighted by molar-refractivity contribution is 6.30. The number of H-pyrrole nitrogens is 1. The zero-order valence-corrected chi connectivity index (χ0v) is 26.5. The molecule has 3 aromatic rings. The SMILES string of the molecule is CC.CCCCc1[nH]c(=O)c(C(=NC)OC(Cc2ccc(Cl)cc2)=C(C)CC)c(O)c1-c1c(OC)ccc(F)c1OC. The van der Waals surface area contributed by atoms with Crippen LogP contribution in [0.2, 0.25) is 5.02 Å². The number of allylic oxidation sites excluding steroid dienone is 2. The van der Waals surface area contributed by atoms with E-state index in [9.17, 15) is 14.3 Å². The first-order chi connectivity index (χ1) is 20.2. The van der Waals surface area contributed by atoms with Crippen LogP contribution in [0, 0.1) is 5.82 Å². The van der Waals surface area contributed by atoms with Gasteiger partial charge in [0, 0.05) is 24.2 Å². The maximum atomic E-state index is 14.9. The number of hydrogen-bond donors (Lipinski definition) is 2. The number of aromatic nitrogens is 1. The molecule has 0 saturated carbocycles. The zero-order chi connectivity index (χ0) is 31.4. The number of nitrogens with one attached hydrogen (secondary N) is 1. The summed E-state index contributed by atoms with van der Waals surface area (Å²) in [6.45, 7) is 9.94. The summed E-state index contributed by atoms with van der Waals surface area (Å²) < 4.78 is 32.1. The highest BCUT2D eigenvalue weighted by Gasteiger charge is 2.29. The van der Waals surface area contributed by atoms with E-state index in [1.807, 2.05) is 46.8 Å². The van der Waals surface area contributed by atoms with Gasteiger partial charge in [-0.15, -0.1) is 0 Å². The van der Waals surface area contributed by atoms with Crippen molar-refractivity contribution in [2.75, 3.05) is 21.3 Å². The average molecular weight is 601 g/mol. The Morgan fingerprint density at radius 1 is 1.05 bits per heavy atom. The Kier molecular flexibility index (Phi) is 13.6. The molecular formula is C33H42ClFN2O5. The number of ether oxygens (including phenoxy) is 3. The number of aromatic amines is 1. The first kappa shape index (κ1) is 34.4. The van der Waals surface area contributed by atoms with Crippen LogP contribution in [-0.2, 0) is 17.6 Å². The Morgan fingerprint density at radius 3 is 2.26 bits per heavy atom. The number of aryl methyl sites for hydroxylation is 1. The second-order valence-corrected chi connectivity index (χ2v) is 9.72. The molecule has 0 aliphatic carbocycles. The minimum absolute atomic E-state index is 0.0758. The number of unbranched alkanes of at least 4 members (excludes halogenated alkanes) is 1. The first-order valence-corrected chi connectivity index (χ1v) is 14.5. The van der Waals surface area contributed by atoms with Gasteiger partial charge in [0.2, 0.25) is 5.90 Å². The monoisotopic (exact) mass is 600 g/mol. The molecule has 0 fully saturated rings. The topological polar surface area (TPSA) is 93.1 Å². The highest BCUT2D eigenvalue weighted by Crippen LogP contribution is 2.46. The Hall–Kier alpha value is -3.78. The minimum atomic E-state index is -0.640. The van der Waals surface area contributed by atoms with E-state index in [0.29, 0.717) is 35.7 Å². The molecule has 0 aliphatic rings. The molecule has 7 nitrogen and oxygen atoms in total. The van der Waals surface area contributed by atoms with E-state index >= 15 is 0 Å². The van der Waals surface area contributed by atoms with Gasteiger partial charge in [-0.25, -0.2) is 4.39 Å². The molecule has 0 bridgehead atoms. The second-order valence-electron chi connectivity index (χ2n) is 9.28. The van der Waals surface area contributed by atoms with Crippen LogP contribution in [0.4, 0.5) is 4.39 Å². The van der Waals surface area contributed by atoms with Gasteiger partial charge in [-0.05, 0) is 61.6 Å². The molecular weight excluding hydrogens is 559 g/mol. The summed E-state index contributed by atoms with van der Waals surface area (Å²) in [6.07, 6.45) is 3.09. The van der Waals surface area contributed by atoms with E-state index in [1.54, 1.807) is 12.1 Å². The number of nitrogens with zero attached hydrogens (tertiary/aromatic N) is 1. The number of pyridine rings is 1. The zero-order valence-electron chi connectivity index (χ0n) is 25.8. The van der Waals surface area contributed by atoms with Gasteiger partial charge >= 0.3 is 0 Å². The van der Waals surface area contributed by atoms with Gasteiger partial charge in [-0.1, -0.05) is 57.8 Å². The summed E-state index contributed by atoms with van der Waals surface area (Å²) in [5, 5.41) is 12.3. The van der Waals surface area contributed by atoms with Crippen molar-refractivity contribution in [3.8, 4) is 28.4 Å². The fourth-order valence-electron chi connectivity index (χ4n) is 4.38. The number of methoxy groups -OCH3 is 2. The van der Waals surface area contributed by atoms with Crippen LogP contribution < -0.4 is 15.0 Å². The lowest BCUT2D eigenvalue weighted by atomic mass is 9.95. The van der Waals surface area contributed by atoms with Crippen molar-refractivity contribution < 1.29 is 23.7 Å². The van der Waals surface area contributed by atoms with E-state index in [1.165, 1.54) is 33.4 Å². The Bertz CT molecular complexity index is 1460. The Morgan fingerprint density at radius 2 is 1.71 bits per heavy atom. The number of rotatable bonds is 11. The summed E-state index contributed by atoms with van der Waals surface area (Å²) in [4.78, 5) is 20.6. The highest BCUT2D eigenvalue weighted by atomic mass is 35.5. The summed E-state index contributed by atoms with van der Waals surface area (Å²) in [6, 6.07) is 10.0. The summed E-state index contributed by atoms with van der Waals surface area (Å²) in [5.74, 6) is -0.386. The fourth-order valence-corrected chi connectivity index (χ4v) is 4.50. The van der Waals surface area contributed by atoms with E-state index in [4.69, 9.17) is 25.8 Å². The molecule has 0 saturated heterocycles. The van der Waals surface area contributed by atoms with Gasteiger partial charge in [0.25, 0.3) is 5.56 Å². The van der Waals surface area contributed by atoms with Crippen LogP contribution in [-0.4, -0.2) is 37.3 Å². The molecule has 0 amide bonds.